The Hall–Kier alpha value is -0.143. The normalized spacial score (nSPS) is 16.0. The van der Waals surface area contributed by atoms with Crippen LogP contribution in [-0.4, -0.2) is 94.0 Å². The van der Waals surface area contributed by atoms with Gasteiger partial charge in [0.05, 0.1) is 26.4 Å². The van der Waals surface area contributed by atoms with E-state index in [2.05, 4.69) is 0 Å². The lowest BCUT2D eigenvalue weighted by Gasteiger charge is -2.30. The van der Waals surface area contributed by atoms with Crippen molar-refractivity contribution < 1.29 is 43.2 Å². The molecule has 0 aliphatic carbocycles. The van der Waals surface area contributed by atoms with Crippen LogP contribution in [0.4, 0.5) is 0 Å². The Morgan fingerprint density at radius 3 is 1.48 bits per heavy atom. The molecule has 2 unspecified atom stereocenters. The van der Waals surface area contributed by atoms with Crippen LogP contribution in [0.1, 0.15) is 27.2 Å². The lowest BCUT2D eigenvalue weighted by Crippen LogP contribution is -2.47. The fourth-order valence-electron chi connectivity index (χ4n) is 2.05. The maximum Gasteiger partial charge on any atom is 0.501 e. The zero-order chi connectivity index (χ0) is 19.1. The maximum absolute atomic E-state index is 9.43. The Labute approximate surface area is 150 Å². The first kappa shape index (κ1) is 24.9. The molecule has 0 heterocycles. The molecular weight excluding hydrogens is 352 g/mol. The molecule has 0 aromatic rings. The largest absolute Gasteiger partial charge is 0.501 e. The van der Waals surface area contributed by atoms with Gasteiger partial charge in [-0.15, -0.1) is 0 Å². The number of aliphatic hydroxyl groups is 4. The molecule has 9 nitrogen and oxygen atoms in total. The van der Waals surface area contributed by atoms with Crippen molar-refractivity contribution in [3.05, 3.63) is 0 Å². The molecule has 0 amide bonds. The average Bonchev–Trinajstić information content (AvgIpc) is 2.61. The van der Waals surface area contributed by atoms with Crippen LogP contribution in [-0.2, 0) is 22.8 Å². The Morgan fingerprint density at radius 2 is 1.16 bits per heavy atom. The van der Waals surface area contributed by atoms with Gasteiger partial charge in [-0.1, -0.05) is 0 Å². The van der Waals surface area contributed by atoms with Crippen molar-refractivity contribution in [2.24, 2.45) is 0 Å². The van der Waals surface area contributed by atoms with Crippen LogP contribution in [0.3, 0.4) is 0 Å². The van der Waals surface area contributed by atoms with E-state index in [0.29, 0.717) is 32.3 Å². The van der Waals surface area contributed by atoms with Crippen LogP contribution < -0.4 is 0 Å². The van der Waals surface area contributed by atoms with Gasteiger partial charge in [-0.2, -0.15) is 0 Å². The first-order valence-corrected chi connectivity index (χ1v) is 10.6. The SMILES string of the molecule is CCO[Si](CCC(OCC(O)CO)OCC(O)CO)(OCC)OCC. The summed E-state index contributed by atoms with van der Waals surface area (Å²) >= 11 is 0. The minimum Gasteiger partial charge on any atom is -0.394 e. The summed E-state index contributed by atoms with van der Waals surface area (Å²) in [7, 11) is -2.87. The van der Waals surface area contributed by atoms with Crippen LogP contribution in [0.2, 0.25) is 6.04 Å². The Balaban J connectivity index is 4.78. The summed E-state index contributed by atoms with van der Waals surface area (Å²) in [5.74, 6) is 0. The second-order valence-electron chi connectivity index (χ2n) is 5.29. The molecule has 0 fully saturated rings. The molecule has 0 aromatic carbocycles. The topological polar surface area (TPSA) is 127 Å². The third kappa shape index (κ3) is 11.2. The standard InChI is InChI=1S/C15H34O9Si/c1-4-22-25(23-5-2,24-6-3)8-7-15(20-11-13(18)9-16)21-12-14(19)10-17/h13-19H,4-12H2,1-3H3. The van der Waals surface area contributed by atoms with Gasteiger partial charge in [-0.3, -0.25) is 0 Å². The Morgan fingerprint density at radius 1 is 0.760 bits per heavy atom. The Kier molecular flexibility index (Phi) is 14.9. The van der Waals surface area contributed by atoms with E-state index in [1.807, 2.05) is 20.8 Å². The zero-order valence-corrected chi connectivity index (χ0v) is 16.4. The predicted octanol–water partition coefficient (Wildman–Crippen LogP) is -0.509. The van der Waals surface area contributed by atoms with Crippen molar-refractivity contribution >= 4 is 8.80 Å². The van der Waals surface area contributed by atoms with E-state index in [4.69, 9.17) is 33.0 Å². The van der Waals surface area contributed by atoms with Crippen LogP contribution in [0.25, 0.3) is 0 Å². The fourth-order valence-corrected chi connectivity index (χ4v) is 4.64. The van der Waals surface area contributed by atoms with Gasteiger partial charge in [0.2, 0.25) is 0 Å². The van der Waals surface area contributed by atoms with E-state index in [1.54, 1.807) is 0 Å². The highest BCUT2D eigenvalue weighted by molar-refractivity contribution is 6.60. The van der Waals surface area contributed by atoms with Crippen molar-refractivity contribution in [2.75, 3.05) is 46.2 Å². The molecule has 10 heteroatoms. The summed E-state index contributed by atoms with van der Waals surface area (Å²) in [5, 5.41) is 36.6. The molecule has 2 atom stereocenters. The van der Waals surface area contributed by atoms with Gasteiger partial charge in [-0.25, -0.2) is 0 Å². The van der Waals surface area contributed by atoms with Gasteiger partial charge in [0.25, 0.3) is 0 Å². The second kappa shape index (κ2) is 15.0. The molecule has 0 saturated heterocycles. The molecule has 152 valence electrons. The van der Waals surface area contributed by atoms with Crippen molar-refractivity contribution in [1.82, 2.24) is 0 Å². The van der Waals surface area contributed by atoms with Crippen molar-refractivity contribution in [3.8, 4) is 0 Å². The van der Waals surface area contributed by atoms with E-state index in [-0.39, 0.29) is 13.2 Å². The summed E-state index contributed by atoms with van der Waals surface area (Å²) in [6.45, 7) is 5.83. The molecule has 0 radical (unpaired) electrons. The number of ether oxygens (including phenoxy) is 2. The second-order valence-corrected chi connectivity index (χ2v) is 8.02. The van der Waals surface area contributed by atoms with E-state index < -0.39 is 40.5 Å². The zero-order valence-electron chi connectivity index (χ0n) is 15.4. The van der Waals surface area contributed by atoms with Crippen LogP contribution in [0, 0.1) is 0 Å². The molecule has 0 saturated carbocycles. The maximum atomic E-state index is 9.43. The lowest BCUT2D eigenvalue weighted by atomic mass is 10.4. The number of hydrogen-bond acceptors (Lipinski definition) is 9. The Bertz CT molecular complexity index is 278. The summed E-state index contributed by atoms with van der Waals surface area (Å²) in [6.07, 6.45) is -2.47. The smallest absolute Gasteiger partial charge is 0.394 e. The summed E-state index contributed by atoms with van der Waals surface area (Å²) in [5.41, 5.74) is 0. The van der Waals surface area contributed by atoms with Crippen molar-refractivity contribution in [3.63, 3.8) is 0 Å². The average molecular weight is 387 g/mol. The first-order chi connectivity index (χ1) is 12.0. The fraction of sp³-hybridized carbons (Fsp3) is 1.00. The molecule has 25 heavy (non-hydrogen) atoms. The number of aliphatic hydroxyl groups excluding tert-OH is 4. The summed E-state index contributed by atoms with van der Waals surface area (Å²) < 4.78 is 28.2. The molecule has 0 rings (SSSR count). The molecule has 0 aromatic heterocycles. The first-order valence-electron chi connectivity index (χ1n) is 8.69. The van der Waals surface area contributed by atoms with E-state index in [0.717, 1.165) is 0 Å². The van der Waals surface area contributed by atoms with Gasteiger partial charge < -0.3 is 43.2 Å². The van der Waals surface area contributed by atoms with Gasteiger partial charge in [0.1, 0.15) is 12.2 Å². The van der Waals surface area contributed by atoms with Crippen molar-refractivity contribution in [1.29, 1.82) is 0 Å². The molecule has 0 bridgehead atoms. The minimum absolute atomic E-state index is 0.122. The van der Waals surface area contributed by atoms with Crippen LogP contribution >= 0.6 is 0 Å². The number of rotatable bonds is 17. The van der Waals surface area contributed by atoms with E-state index >= 15 is 0 Å². The quantitative estimate of drug-likeness (QED) is 0.193. The van der Waals surface area contributed by atoms with Crippen molar-refractivity contribution in [2.45, 2.75) is 51.7 Å². The minimum atomic E-state index is -2.87. The highest BCUT2D eigenvalue weighted by Gasteiger charge is 2.41. The monoisotopic (exact) mass is 386 g/mol. The lowest BCUT2D eigenvalue weighted by molar-refractivity contribution is -0.176. The molecule has 0 aliphatic rings. The highest BCUT2D eigenvalue weighted by Crippen LogP contribution is 2.21. The third-order valence-electron chi connectivity index (χ3n) is 3.15. The van der Waals surface area contributed by atoms with Crippen LogP contribution in [0.5, 0.6) is 0 Å². The van der Waals surface area contributed by atoms with Gasteiger partial charge in [0.15, 0.2) is 6.29 Å². The molecule has 0 spiro atoms. The van der Waals surface area contributed by atoms with Crippen LogP contribution in [0.15, 0.2) is 0 Å². The summed E-state index contributed by atoms with van der Waals surface area (Å²) in [6, 6.07) is 0.428. The van der Waals surface area contributed by atoms with Gasteiger partial charge in [-0.05, 0) is 20.8 Å². The van der Waals surface area contributed by atoms with Gasteiger partial charge >= 0.3 is 8.80 Å². The van der Waals surface area contributed by atoms with E-state index in [9.17, 15) is 10.2 Å². The highest BCUT2D eigenvalue weighted by atomic mass is 28.4. The predicted molar refractivity (Wildman–Crippen MR) is 91.9 cm³/mol. The number of hydrogen-bond donors (Lipinski definition) is 4. The molecule has 0 aliphatic heterocycles. The van der Waals surface area contributed by atoms with Gasteiger partial charge in [0, 0.05) is 32.3 Å². The van der Waals surface area contributed by atoms with E-state index in [1.165, 1.54) is 0 Å². The summed E-state index contributed by atoms with van der Waals surface area (Å²) in [4.78, 5) is 0. The third-order valence-corrected chi connectivity index (χ3v) is 6.24. The molecular formula is C15H34O9Si. The molecule has 4 N–H and O–H groups in total.